The van der Waals surface area contributed by atoms with Gasteiger partial charge in [0.1, 0.15) is 0 Å². The van der Waals surface area contributed by atoms with E-state index in [4.69, 9.17) is 5.10 Å². The lowest BCUT2D eigenvalue weighted by Gasteiger charge is -2.25. The summed E-state index contributed by atoms with van der Waals surface area (Å²) >= 11 is 0. The molecule has 104 valence electrons. The van der Waals surface area contributed by atoms with Crippen LogP contribution in [0.2, 0.25) is 0 Å². The highest BCUT2D eigenvalue weighted by Gasteiger charge is 2.23. The molecule has 3 nitrogen and oxygen atoms in total. The van der Waals surface area contributed by atoms with E-state index in [9.17, 15) is 0 Å². The van der Waals surface area contributed by atoms with E-state index >= 15 is 0 Å². The number of hydrazone groups is 1. The molecule has 1 aromatic carbocycles. The van der Waals surface area contributed by atoms with Gasteiger partial charge in [-0.25, -0.2) is 0 Å². The highest BCUT2D eigenvalue weighted by Crippen LogP contribution is 2.32. The molecule has 0 amide bonds. The Balaban J connectivity index is 1.99. The summed E-state index contributed by atoms with van der Waals surface area (Å²) in [7, 11) is 3.99. The third kappa shape index (κ3) is 2.67. The Hall–Kier alpha value is -1.90. The molecule has 2 aromatic rings. The molecule has 1 aliphatic rings. The number of hydrogen-bond donors (Lipinski definition) is 0. The molecular formula is C17H21N3. The maximum Gasteiger partial charge on any atom is 0.0702 e. The van der Waals surface area contributed by atoms with Crippen LogP contribution in [-0.4, -0.2) is 29.8 Å². The molecule has 1 unspecified atom stereocenters. The average molecular weight is 267 g/mol. The number of benzene rings is 1. The predicted octanol–water partition coefficient (Wildman–Crippen LogP) is 3.81. The van der Waals surface area contributed by atoms with Crippen molar-refractivity contribution in [3.63, 3.8) is 0 Å². The summed E-state index contributed by atoms with van der Waals surface area (Å²) in [6.45, 7) is 0. The highest BCUT2D eigenvalue weighted by molar-refractivity contribution is 5.92. The van der Waals surface area contributed by atoms with Crippen molar-refractivity contribution in [2.45, 2.75) is 31.6 Å². The fraction of sp³-hybridized carbons (Fsp3) is 0.412. The van der Waals surface area contributed by atoms with Crippen LogP contribution >= 0.6 is 0 Å². The van der Waals surface area contributed by atoms with Crippen LogP contribution in [-0.2, 0) is 0 Å². The van der Waals surface area contributed by atoms with Crippen molar-refractivity contribution in [2.75, 3.05) is 14.1 Å². The molecule has 3 rings (SSSR count). The lowest BCUT2D eigenvalue weighted by Crippen LogP contribution is -2.21. The van der Waals surface area contributed by atoms with Gasteiger partial charge in [0.05, 0.1) is 5.52 Å². The molecular weight excluding hydrogens is 246 g/mol. The molecule has 0 bridgehead atoms. The van der Waals surface area contributed by atoms with Crippen LogP contribution in [0, 0.1) is 0 Å². The van der Waals surface area contributed by atoms with E-state index in [1.54, 1.807) is 0 Å². The largest absolute Gasteiger partial charge is 0.303 e. The van der Waals surface area contributed by atoms with Crippen molar-refractivity contribution >= 4 is 16.6 Å². The van der Waals surface area contributed by atoms with Crippen molar-refractivity contribution in [2.24, 2.45) is 5.10 Å². The number of rotatable bonds is 2. The van der Waals surface area contributed by atoms with Crippen LogP contribution < -0.4 is 0 Å². The van der Waals surface area contributed by atoms with Gasteiger partial charge in [-0.1, -0.05) is 24.6 Å². The molecule has 1 heterocycles. The Kier molecular flexibility index (Phi) is 3.68. The van der Waals surface area contributed by atoms with E-state index in [1.807, 2.05) is 31.4 Å². The summed E-state index contributed by atoms with van der Waals surface area (Å²) < 4.78 is 0. The number of aromatic nitrogens is 1. The number of pyridine rings is 1. The van der Waals surface area contributed by atoms with E-state index in [0.717, 1.165) is 11.9 Å². The van der Waals surface area contributed by atoms with Crippen LogP contribution in [0.1, 0.15) is 37.2 Å². The third-order valence-electron chi connectivity index (χ3n) is 3.92. The zero-order chi connectivity index (χ0) is 13.9. The van der Waals surface area contributed by atoms with E-state index in [0.29, 0.717) is 5.92 Å². The van der Waals surface area contributed by atoms with Crippen molar-refractivity contribution in [3.05, 3.63) is 42.1 Å². The van der Waals surface area contributed by atoms with E-state index in [1.165, 1.54) is 35.9 Å². The van der Waals surface area contributed by atoms with Crippen molar-refractivity contribution in [3.8, 4) is 0 Å². The molecule has 20 heavy (non-hydrogen) atoms. The zero-order valence-corrected chi connectivity index (χ0v) is 12.2. The maximum atomic E-state index is 4.70. The summed E-state index contributed by atoms with van der Waals surface area (Å²) in [5, 5.41) is 7.84. The molecule has 3 heteroatoms. The van der Waals surface area contributed by atoms with Crippen molar-refractivity contribution < 1.29 is 0 Å². The van der Waals surface area contributed by atoms with Gasteiger partial charge >= 0.3 is 0 Å². The lowest BCUT2D eigenvalue weighted by molar-refractivity contribution is 0.427. The maximum absolute atomic E-state index is 4.70. The van der Waals surface area contributed by atoms with Gasteiger partial charge in [0.25, 0.3) is 0 Å². The van der Waals surface area contributed by atoms with Crippen LogP contribution in [0.5, 0.6) is 0 Å². The molecule has 1 fully saturated rings. The number of fused-ring (bicyclic) bond motifs is 1. The Morgan fingerprint density at radius 3 is 2.90 bits per heavy atom. The van der Waals surface area contributed by atoms with Gasteiger partial charge in [0.2, 0.25) is 0 Å². The molecule has 1 aromatic heterocycles. The Morgan fingerprint density at radius 2 is 2.05 bits per heavy atom. The first kappa shape index (κ1) is 13.1. The first-order valence-electron chi connectivity index (χ1n) is 7.33. The van der Waals surface area contributed by atoms with Gasteiger partial charge in [0, 0.05) is 37.3 Å². The average Bonchev–Trinajstić information content (AvgIpc) is 2.47. The van der Waals surface area contributed by atoms with Crippen LogP contribution in [0.4, 0.5) is 0 Å². The van der Waals surface area contributed by atoms with Crippen molar-refractivity contribution in [1.82, 2.24) is 9.99 Å². The Morgan fingerprint density at radius 1 is 1.20 bits per heavy atom. The second-order valence-electron chi connectivity index (χ2n) is 5.70. The summed E-state index contributed by atoms with van der Waals surface area (Å²) in [5.41, 5.74) is 3.68. The van der Waals surface area contributed by atoms with Gasteiger partial charge in [-0.3, -0.25) is 4.98 Å². The summed E-state index contributed by atoms with van der Waals surface area (Å²) in [6, 6.07) is 10.6. The number of hydrogen-bond acceptors (Lipinski definition) is 3. The van der Waals surface area contributed by atoms with Gasteiger partial charge in [-0.2, -0.15) is 5.10 Å². The van der Waals surface area contributed by atoms with Crippen LogP contribution in [0.25, 0.3) is 10.9 Å². The standard InChI is InChI=1S/C17H21N3/c1-20(2)19-17-10-6-4-8-15(17)14-11-13-7-3-5-9-16(13)18-12-14/h3,5,7,9,11-12,15H,4,6,8,10H2,1-2H3. The topological polar surface area (TPSA) is 28.5 Å². The lowest BCUT2D eigenvalue weighted by atomic mass is 9.82. The summed E-state index contributed by atoms with van der Waals surface area (Å²) in [5.74, 6) is 0.434. The molecule has 1 atom stereocenters. The Labute approximate surface area is 120 Å². The highest BCUT2D eigenvalue weighted by atomic mass is 15.4. The van der Waals surface area contributed by atoms with Crippen molar-refractivity contribution in [1.29, 1.82) is 0 Å². The summed E-state index contributed by atoms with van der Waals surface area (Å²) in [6.07, 6.45) is 6.86. The van der Waals surface area contributed by atoms with E-state index < -0.39 is 0 Å². The molecule has 0 saturated heterocycles. The molecule has 0 N–H and O–H groups in total. The SMILES string of the molecule is CN(C)N=C1CCCCC1c1cnc2ccccc2c1. The molecule has 1 aliphatic carbocycles. The zero-order valence-electron chi connectivity index (χ0n) is 12.2. The fourth-order valence-electron chi connectivity index (χ4n) is 3.01. The number of nitrogens with zero attached hydrogens (tertiary/aromatic N) is 3. The molecule has 1 saturated carbocycles. The van der Waals surface area contributed by atoms with Gasteiger partial charge < -0.3 is 5.01 Å². The molecule has 0 radical (unpaired) electrons. The second kappa shape index (κ2) is 5.61. The van der Waals surface area contributed by atoms with E-state index in [2.05, 4.69) is 29.2 Å². The van der Waals surface area contributed by atoms with Gasteiger partial charge in [0.15, 0.2) is 0 Å². The first-order chi connectivity index (χ1) is 9.74. The minimum atomic E-state index is 0.434. The quantitative estimate of drug-likeness (QED) is 0.774. The second-order valence-corrected chi connectivity index (χ2v) is 5.70. The minimum absolute atomic E-state index is 0.434. The fourth-order valence-corrected chi connectivity index (χ4v) is 3.01. The molecule has 0 spiro atoms. The van der Waals surface area contributed by atoms with Gasteiger partial charge in [-0.15, -0.1) is 0 Å². The van der Waals surface area contributed by atoms with Gasteiger partial charge in [-0.05, 0) is 37.0 Å². The monoisotopic (exact) mass is 267 g/mol. The smallest absolute Gasteiger partial charge is 0.0702 e. The summed E-state index contributed by atoms with van der Waals surface area (Å²) in [4.78, 5) is 4.60. The Bertz CT molecular complexity index is 631. The van der Waals surface area contributed by atoms with E-state index in [-0.39, 0.29) is 0 Å². The first-order valence-corrected chi connectivity index (χ1v) is 7.33. The normalized spacial score (nSPS) is 21.3. The minimum Gasteiger partial charge on any atom is -0.303 e. The van der Waals surface area contributed by atoms with Crippen LogP contribution in [0.3, 0.4) is 0 Å². The third-order valence-corrected chi connectivity index (χ3v) is 3.92. The molecule has 0 aliphatic heterocycles. The van der Waals surface area contributed by atoms with Crippen LogP contribution in [0.15, 0.2) is 41.6 Å². The number of para-hydroxylation sites is 1. The predicted molar refractivity (Wildman–Crippen MR) is 84.1 cm³/mol.